The normalized spacial score (nSPS) is 19.0. The number of rotatable bonds is 2. The highest BCUT2D eigenvalue weighted by Gasteiger charge is 2.23. The Hall–Kier alpha value is -1.78. The van der Waals surface area contributed by atoms with Crippen LogP contribution in [-0.2, 0) is 10.0 Å². The first-order chi connectivity index (χ1) is 11.6. The topological polar surface area (TPSA) is 127 Å². The second-order valence-electron chi connectivity index (χ2n) is 6.54. The summed E-state index contributed by atoms with van der Waals surface area (Å²) >= 11 is 0. The van der Waals surface area contributed by atoms with E-state index in [-0.39, 0.29) is 12.5 Å². The van der Waals surface area contributed by atoms with E-state index in [2.05, 4.69) is 28.9 Å². The first-order valence-corrected chi connectivity index (χ1v) is 10.1. The number of nitrogens with two attached hydrogens (primary N) is 1. The lowest BCUT2D eigenvalue weighted by molar-refractivity contribution is 0.108. The number of hydrogen-bond donors (Lipinski definition) is 2. The number of imidazole rings is 1. The van der Waals surface area contributed by atoms with Gasteiger partial charge in [0.25, 0.3) is 0 Å². The van der Waals surface area contributed by atoms with Crippen LogP contribution in [0.25, 0.3) is 5.52 Å². The summed E-state index contributed by atoms with van der Waals surface area (Å²) < 4.78 is 25.0. The highest BCUT2D eigenvalue weighted by Crippen LogP contribution is 2.17. The number of aliphatic hydroxyl groups excluding tert-OH is 1. The highest BCUT2D eigenvalue weighted by molar-refractivity contribution is 7.88. The van der Waals surface area contributed by atoms with E-state index in [0.29, 0.717) is 18.9 Å². The molecule has 0 aliphatic carbocycles. The van der Waals surface area contributed by atoms with Crippen LogP contribution in [0.1, 0.15) is 44.1 Å². The van der Waals surface area contributed by atoms with Crippen molar-refractivity contribution in [1.82, 2.24) is 23.9 Å². The number of β-amino-alcohol motifs (C(OH)–C–C–N with tert-alkyl or cyclic N) is 1. The van der Waals surface area contributed by atoms with Gasteiger partial charge >= 0.3 is 0 Å². The maximum atomic E-state index is 10.9. The van der Waals surface area contributed by atoms with Crippen molar-refractivity contribution in [3.8, 4) is 0 Å². The summed E-state index contributed by atoms with van der Waals surface area (Å²) in [6, 6.07) is 0. The maximum absolute atomic E-state index is 10.9. The molecule has 2 aromatic rings. The number of aliphatic hydroxyl groups is 1. The Bertz CT molecular complexity index is 833. The molecule has 0 aromatic carbocycles. The molecule has 1 aliphatic heterocycles. The number of hydrogen-bond acceptors (Lipinski definition) is 7. The molecule has 0 radical (unpaired) electrons. The van der Waals surface area contributed by atoms with Gasteiger partial charge in [-0.1, -0.05) is 13.8 Å². The molecule has 10 heteroatoms. The lowest BCUT2D eigenvalue weighted by atomic mass is 10.1. The molecule has 140 valence electrons. The van der Waals surface area contributed by atoms with E-state index >= 15 is 0 Å². The average molecular weight is 370 g/mol. The molecule has 0 spiro atoms. The van der Waals surface area contributed by atoms with Gasteiger partial charge in [-0.15, -0.1) is 5.10 Å². The quantitative estimate of drug-likeness (QED) is 0.790. The van der Waals surface area contributed by atoms with Crippen LogP contribution in [0.5, 0.6) is 0 Å². The van der Waals surface area contributed by atoms with E-state index in [1.54, 1.807) is 10.7 Å². The molecule has 1 saturated heterocycles. The smallest absolute Gasteiger partial charge is 0.238 e. The molecule has 1 fully saturated rings. The van der Waals surface area contributed by atoms with Gasteiger partial charge in [0.1, 0.15) is 11.3 Å². The van der Waals surface area contributed by atoms with Crippen molar-refractivity contribution in [2.45, 2.75) is 45.6 Å². The third kappa shape index (κ3) is 4.86. The standard InChI is InChI=1S/C9H13N5.C6H13NO3S/c1-5(2)8-12-6(3)7-4-11-9(10)13-14(7)8;1-11(9,10)7-4-2-3-6(8)5-7/h4-5H,1-3H3,(H2,10,13);6,8H,2-5H2,1H3. The van der Waals surface area contributed by atoms with Crippen molar-refractivity contribution in [3.63, 3.8) is 0 Å². The minimum absolute atomic E-state index is 0.263. The molecule has 3 N–H and O–H groups in total. The van der Waals surface area contributed by atoms with E-state index in [0.717, 1.165) is 23.5 Å². The molecular weight excluding hydrogens is 344 g/mol. The number of aryl methyl sites for hydroxylation is 1. The molecule has 0 saturated carbocycles. The summed E-state index contributed by atoms with van der Waals surface area (Å²) in [6.07, 6.45) is 3.88. The minimum Gasteiger partial charge on any atom is -0.392 e. The van der Waals surface area contributed by atoms with Crippen LogP contribution >= 0.6 is 0 Å². The maximum Gasteiger partial charge on any atom is 0.238 e. The SMILES string of the molecule is CS(=O)(=O)N1CCCC(O)C1.Cc1nc(C(C)C)n2nc(N)ncc12. The van der Waals surface area contributed by atoms with Gasteiger partial charge in [0.15, 0.2) is 0 Å². The first-order valence-electron chi connectivity index (χ1n) is 8.20. The van der Waals surface area contributed by atoms with Crippen molar-refractivity contribution in [2.24, 2.45) is 0 Å². The van der Waals surface area contributed by atoms with Gasteiger partial charge in [0.05, 0.1) is 24.3 Å². The van der Waals surface area contributed by atoms with Crippen molar-refractivity contribution in [2.75, 3.05) is 25.1 Å². The third-order valence-corrected chi connectivity index (χ3v) is 5.23. The number of nitrogens with zero attached hydrogens (tertiary/aromatic N) is 5. The van der Waals surface area contributed by atoms with Crippen LogP contribution in [0.2, 0.25) is 0 Å². The summed E-state index contributed by atoms with van der Waals surface area (Å²) in [7, 11) is -3.09. The van der Waals surface area contributed by atoms with Gasteiger partial charge in [0, 0.05) is 19.0 Å². The van der Waals surface area contributed by atoms with Gasteiger partial charge in [-0.2, -0.15) is 4.31 Å². The van der Waals surface area contributed by atoms with Crippen molar-refractivity contribution in [1.29, 1.82) is 0 Å². The fraction of sp³-hybridized carbons (Fsp3) is 0.667. The van der Waals surface area contributed by atoms with E-state index in [1.807, 2.05) is 6.92 Å². The Kier molecular flexibility index (Phi) is 5.96. The lowest BCUT2D eigenvalue weighted by Gasteiger charge is -2.27. The van der Waals surface area contributed by atoms with E-state index in [4.69, 9.17) is 10.8 Å². The molecule has 0 amide bonds. The number of fused-ring (bicyclic) bond motifs is 1. The Labute approximate surface area is 147 Å². The van der Waals surface area contributed by atoms with Crippen LogP contribution in [0.3, 0.4) is 0 Å². The molecule has 3 heterocycles. The van der Waals surface area contributed by atoms with E-state index in [1.165, 1.54) is 10.6 Å². The fourth-order valence-corrected chi connectivity index (χ4v) is 3.56. The predicted octanol–water partition coefficient (Wildman–Crippen LogP) is 0.541. The zero-order valence-electron chi connectivity index (χ0n) is 15.0. The van der Waals surface area contributed by atoms with Crippen LogP contribution in [-0.4, -0.2) is 62.9 Å². The van der Waals surface area contributed by atoms with Crippen LogP contribution in [0, 0.1) is 6.92 Å². The summed E-state index contributed by atoms with van der Waals surface area (Å²) in [4.78, 5) is 8.38. The van der Waals surface area contributed by atoms with Gasteiger partial charge in [-0.3, -0.25) is 0 Å². The third-order valence-electron chi connectivity index (χ3n) is 3.96. The molecule has 25 heavy (non-hydrogen) atoms. The average Bonchev–Trinajstić information content (AvgIpc) is 2.84. The Morgan fingerprint density at radius 3 is 2.60 bits per heavy atom. The minimum atomic E-state index is -3.09. The molecule has 1 atom stereocenters. The zero-order valence-corrected chi connectivity index (χ0v) is 15.9. The van der Waals surface area contributed by atoms with E-state index < -0.39 is 16.1 Å². The molecule has 9 nitrogen and oxygen atoms in total. The Balaban J connectivity index is 0.000000186. The number of aromatic nitrogens is 4. The number of nitrogen functional groups attached to an aromatic ring is 1. The fourth-order valence-electron chi connectivity index (χ4n) is 2.66. The zero-order chi connectivity index (χ0) is 18.8. The summed E-state index contributed by atoms with van der Waals surface area (Å²) in [5.74, 6) is 1.52. The lowest BCUT2D eigenvalue weighted by Crippen LogP contribution is -2.41. The molecule has 3 rings (SSSR count). The molecule has 0 bridgehead atoms. The van der Waals surface area contributed by atoms with Crippen molar-refractivity contribution >= 4 is 21.5 Å². The highest BCUT2D eigenvalue weighted by atomic mass is 32.2. The van der Waals surface area contributed by atoms with Gasteiger partial charge in [-0.25, -0.2) is 22.9 Å². The summed E-state index contributed by atoms with van der Waals surface area (Å²) in [5, 5.41) is 13.3. The first kappa shape index (κ1) is 19.5. The van der Waals surface area contributed by atoms with Crippen molar-refractivity contribution < 1.29 is 13.5 Å². The van der Waals surface area contributed by atoms with Gasteiger partial charge < -0.3 is 10.8 Å². The monoisotopic (exact) mass is 370 g/mol. The molecule has 2 aromatic heterocycles. The Morgan fingerprint density at radius 1 is 1.40 bits per heavy atom. The van der Waals surface area contributed by atoms with E-state index in [9.17, 15) is 8.42 Å². The van der Waals surface area contributed by atoms with Crippen molar-refractivity contribution in [3.05, 3.63) is 17.7 Å². The Morgan fingerprint density at radius 2 is 2.08 bits per heavy atom. The molecular formula is C15H26N6O3S. The number of sulfonamides is 1. The van der Waals surface area contributed by atoms with Gasteiger partial charge in [0.2, 0.25) is 16.0 Å². The molecule has 1 unspecified atom stereocenters. The number of piperidine rings is 1. The summed E-state index contributed by atoms with van der Waals surface area (Å²) in [5.41, 5.74) is 7.39. The summed E-state index contributed by atoms with van der Waals surface area (Å²) in [6.45, 7) is 6.91. The van der Waals surface area contributed by atoms with Crippen LogP contribution < -0.4 is 5.73 Å². The van der Waals surface area contributed by atoms with Gasteiger partial charge in [-0.05, 0) is 19.8 Å². The predicted molar refractivity (Wildman–Crippen MR) is 95.7 cm³/mol. The second kappa shape index (κ2) is 7.63. The molecule has 1 aliphatic rings. The largest absolute Gasteiger partial charge is 0.392 e. The second-order valence-corrected chi connectivity index (χ2v) is 8.52. The number of anilines is 1. The van der Waals surface area contributed by atoms with Crippen LogP contribution in [0.4, 0.5) is 5.95 Å². The van der Waals surface area contributed by atoms with Crippen LogP contribution in [0.15, 0.2) is 6.20 Å².